The molecule has 2 heterocycles. The lowest BCUT2D eigenvalue weighted by Crippen LogP contribution is -2.67. The number of H-pyrrole nitrogens is 1. The van der Waals surface area contributed by atoms with Crippen LogP contribution in [-0.4, -0.2) is 50.5 Å². The molecule has 0 spiro atoms. The van der Waals surface area contributed by atoms with Gasteiger partial charge in [-0.1, -0.05) is 72.8 Å². The van der Waals surface area contributed by atoms with Crippen LogP contribution in [0.3, 0.4) is 0 Å². The van der Waals surface area contributed by atoms with E-state index >= 15 is 4.79 Å². The van der Waals surface area contributed by atoms with Crippen molar-refractivity contribution >= 4 is 28.9 Å². The number of aromatic amines is 1. The first-order valence-corrected chi connectivity index (χ1v) is 22.7. The first kappa shape index (κ1) is 39.3. The molecule has 1 amide bonds. The fraction of sp³-hybridized carbons (Fsp3) is 0.755. The largest absolute Gasteiger partial charge is 0.481 e. The molecule has 0 bridgehead atoms. The number of esters is 1. The maximum atomic E-state index is 15.5. The Hall–Kier alpha value is -3.16. The summed E-state index contributed by atoms with van der Waals surface area (Å²) in [6.07, 6.45) is 12.8. The number of ether oxygens (including phenoxy) is 1. The number of hydrogen-bond acceptors (Lipinski definition) is 5. The zero-order valence-corrected chi connectivity index (χ0v) is 36.1. The standard InChI is InChI=1S/C49H69N3O5/c1-28(2)29-18-23-49(43(56)52-26-12-15-35(52)40-50-33-13-10-11-14-34(33)51-40)25-24-47(8)30(39(29)49)16-17-37-46(7)21-20-38(45(5,6)36(46)19-22-48(37,47)9)57-42(55)32-27-31(41(53)54)44(32,3)4/h10-11,13-14,29-32,35-39H,1,12,15-27H2,2-9H3,(H,50,51)(H,53,54)/t29-,30+,31-,32+,35-,36?,37?,38-,39?,46-,47+,48+,49-/m0/s1. The van der Waals surface area contributed by atoms with Crippen molar-refractivity contribution in [2.45, 2.75) is 151 Å². The molecule has 1 aromatic heterocycles. The SMILES string of the molecule is C=C(C)[C@@H]1CC[C@]2(C(=O)N3CCC[C@H]3c3nc4ccccc4[nH]3)CC[C@]3(C)[C@H](CCC4[C@@]5(C)CC[C@H](OC(=O)[C@H]6C[C@@H](C(=O)O)C6(C)C)C(C)(C)C5CC[C@]43C)C12. The number of nitrogens with one attached hydrogen (secondary N) is 1. The van der Waals surface area contributed by atoms with Crippen LogP contribution in [0.2, 0.25) is 0 Å². The third-order valence-corrected chi connectivity index (χ3v) is 19.8. The zero-order chi connectivity index (χ0) is 40.7. The van der Waals surface area contributed by atoms with Crippen LogP contribution in [0, 0.1) is 73.9 Å². The lowest BCUT2D eigenvalue weighted by atomic mass is 9.32. The minimum Gasteiger partial charge on any atom is -0.481 e. The third kappa shape index (κ3) is 5.28. The van der Waals surface area contributed by atoms with E-state index in [2.05, 4.69) is 70.1 Å². The van der Waals surface area contributed by atoms with Gasteiger partial charge >= 0.3 is 11.9 Å². The minimum atomic E-state index is -0.816. The van der Waals surface area contributed by atoms with Gasteiger partial charge in [0.05, 0.1) is 34.3 Å². The van der Waals surface area contributed by atoms with Gasteiger partial charge < -0.3 is 19.7 Å². The summed E-state index contributed by atoms with van der Waals surface area (Å²) in [7, 11) is 0. The summed E-state index contributed by atoms with van der Waals surface area (Å²) < 4.78 is 6.46. The van der Waals surface area contributed by atoms with Gasteiger partial charge in [0.2, 0.25) is 5.91 Å². The molecule has 8 heteroatoms. The molecule has 3 unspecified atom stereocenters. The van der Waals surface area contributed by atoms with Gasteiger partial charge in [-0.2, -0.15) is 0 Å². The summed E-state index contributed by atoms with van der Waals surface area (Å²) in [5.74, 6) is 1.60. The Kier molecular flexibility index (Phi) is 8.91. The fourth-order valence-electron chi connectivity index (χ4n) is 16.4. The highest BCUT2D eigenvalue weighted by Crippen LogP contribution is 2.78. The summed E-state index contributed by atoms with van der Waals surface area (Å²) >= 11 is 0. The van der Waals surface area contributed by atoms with E-state index in [9.17, 15) is 14.7 Å². The number of rotatable bonds is 6. The van der Waals surface area contributed by atoms with Gasteiger partial charge in [0.1, 0.15) is 11.9 Å². The predicted molar refractivity (Wildman–Crippen MR) is 222 cm³/mol. The number of hydrogen-bond donors (Lipinski definition) is 2. The predicted octanol–water partition coefficient (Wildman–Crippen LogP) is 10.5. The fourth-order valence-corrected chi connectivity index (χ4v) is 16.4. The number of aromatic nitrogens is 2. The smallest absolute Gasteiger partial charge is 0.309 e. The number of carboxylic acids is 1. The van der Waals surface area contributed by atoms with Gasteiger partial charge in [0.25, 0.3) is 0 Å². The summed E-state index contributed by atoms with van der Waals surface area (Å²) in [5.41, 5.74) is 2.53. The summed E-state index contributed by atoms with van der Waals surface area (Å²) in [6, 6.07) is 8.22. The van der Waals surface area contributed by atoms with E-state index in [1.165, 1.54) is 12.0 Å². The van der Waals surface area contributed by atoms with Crippen molar-refractivity contribution in [1.82, 2.24) is 14.9 Å². The molecular weight excluding hydrogens is 711 g/mol. The average molecular weight is 780 g/mol. The van der Waals surface area contributed by atoms with Crippen LogP contribution in [0.5, 0.6) is 0 Å². The number of para-hydroxylation sites is 2. The average Bonchev–Trinajstić information content (AvgIpc) is 3.90. The quantitative estimate of drug-likeness (QED) is 0.223. The number of carbonyl (C=O) groups is 3. The Labute approximate surface area is 340 Å². The minimum absolute atomic E-state index is 0.000201. The second-order valence-electron chi connectivity index (χ2n) is 22.4. The van der Waals surface area contributed by atoms with Crippen molar-refractivity contribution in [2.24, 2.45) is 73.9 Å². The normalized spacial score (nSPS) is 44.2. The van der Waals surface area contributed by atoms with Crippen LogP contribution >= 0.6 is 0 Å². The van der Waals surface area contributed by atoms with E-state index in [-0.39, 0.29) is 51.1 Å². The summed E-state index contributed by atoms with van der Waals surface area (Å²) in [6.45, 7) is 24.0. The Balaban J connectivity index is 0.979. The molecule has 7 aliphatic rings. The Bertz CT molecular complexity index is 1970. The summed E-state index contributed by atoms with van der Waals surface area (Å²) in [4.78, 5) is 51.8. The molecule has 1 saturated heterocycles. The van der Waals surface area contributed by atoms with Crippen molar-refractivity contribution in [2.75, 3.05) is 6.54 Å². The van der Waals surface area contributed by atoms with Gasteiger partial charge in [-0.25, -0.2) is 4.98 Å². The lowest BCUT2D eigenvalue weighted by molar-refractivity contribution is -0.251. The van der Waals surface area contributed by atoms with Crippen molar-refractivity contribution < 1.29 is 24.2 Å². The molecule has 6 aliphatic carbocycles. The van der Waals surface area contributed by atoms with E-state index in [4.69, 9.17) is 9.72 Å². The van der Waals surface area contributed by atoms with Crippen molar-refractivity contribution in [3.63, 3.8) is 0 Å². The highest BCUT2D eigenvalue weighted by atomic mass is 16.5. The topological polar surface area (TPSA) is 113 Å². The van der Waals surface area contributed by atoms with Crippen molar-refractivity contribution in [3.05, 3.63) is 42.2 Å². The number of carbonyl (C=O) groups excluding carboxylic acids is 2. The van der Waals surface area contributed by atoms with Crippen LogP contribution < -0.4 is 0 Å². The Morgan fingerprint density at radius 3 is 2.30 bits per heavy atom. The highest BCUT2D eigenvalue weighted by molar-refractivity contribution is 5.85. The van der Waals surface area contributed by atoms with Crippen molar-refractivity contribution in [3.8, 4) is 0 Å². The van der Waals surface area contributed by atoms with E-state index in [1.54, 1.807) is 0 Å². The Morgan fingerprint density at radius 2 is 1.60 bits per heavy atom. The molecule has 1 aromatic carbocycles. The highest BCUT2D eigenvalue weighted by Gasteiger charge is 2.72. The monoisotopic (exact) mass is 780 g/mol. The van der Waals surface area contributed by atoms with Gasteiger partial charge in [-0.05, 0) is 154 Å². The number of nitrogens with zero attached hydrogens (tertiary/aromatic N) is 2. The number of likely N-dealkylation sites (tertiary alicyclic amines) is 1. The molecule has 2 aromatic rings. The third-order valence-electron chi connectivity index (χ3n) is 19.8. The molecule has 1 aliphatic heterocycles. The molecule has 310 valence electrons. The number of allylic oxidation sites excluding steroid dienone is 1. The number of benzene rings is 1. The number of carboxylic acid groups (broad SMARTS) is 1. The number of fused-ring (bicyclic) bond motifs is 8. The maximum Gasteiger partial charge on any atom is 0.309 e. The van der Waals surface area contributed by atoms with Crippen molar-refractivity contribution in [1.29, 1.82) is 0 Å². The molecule has 57 heavy (non-hydrogen) atoms. The molecular formula is C49H69N3O5. The molecule has 8 nitrogen and oxygen atoms in total. The molecule has 6 saturated carbocycles. The Morgan fingerprint density at radius 1 is 0.842 bits per heavy atom. The maximum absolute atomic E-state index is 15.5. The van der Waals surface area contributed by atoms with Gasteiger partial charge in [0, 0.05) is 12.0 Å². The van der Waals surface area contributed by atoms with Crippen LogP contribution in [0.25, 0.3) is 11.0 Å². The number of aliphatic carboxylic acids is 1. The number of imidazole rings is 1. The molecule has 2 N–H and O–H groups in total. The van der Waals surface area contributed by atoms with Crippen LogP contribution in [-0.2, 0) is 19.1 Å². The van der Waals surface area contributed by atoms with E-state index in [0.717, 1.165) is 94.0 Å². The lowest BCUT2D eigenvalue weighted by Gasteiger charge is -2.73. The second-order valence-corrected chi connectivity index (χ2v) is 22.4. The van der Waals surface area contributed by atoms with E-state index < -0.39 is 17.3 Å². The molecule has 9 rings (SSSR count). The van der Waals surface area contributed by atoms with E-state index in [1.807, 2.05) is 26.0 Å². The second kappa shape index (κ2) is 12.9. The van der Waals surface area contributed by atoms with Crippen LogP contribution in [0.4, 0.5) is 0 Å². The zero-order valence-electron chi connectivity index (χ0n) is 36.1. The van der Waals surface area contributed by atoms with Crippen LogP contribution in [0.1, 0.15) is 151 Å². The summed E-state index contributed by atoms with van der Waals surface area (Å²) in [5, 5.41) is 9.69. The van der Waals surface area contributed by atoms with Crippen LogP contribution in [0.15, 0.2) is 36.4 Å². The van der Waals surface area contributed by atoms with Gasteiger partial charge in [-0.3, -0.25) is 14.4 Å². The van der Waals surface area contributed by atoms with E-state index in [0.29, 0.717) is 41.9 Å². The first-order valence-electron chi connectivity index (χ1n) is 22.7. The molecule has 0 radical (unpaired) electrons. The molecule has 7 fully saturated rings. The molecule has 13 atom stereocenters. The van der Waals surface area contributed by atoms with Gasteiger partial charge in [-0.15, -0.1) is 0 Å². The van der Waals surface area contributed by atoms with Gasteiger partial charge in [0.15, 0.2) is 0 Å². The first-order chi connectivity index (χ1) is 26.8. The number of amides is 1.